The number of piperidine rings is 1. The van der Waals surface area contributed by atoms with Gasteiger partial charge in [-0.05, 0) is 49.9 Å². The van der Waals surface area contributed by atoms with Crippen LogP contribution in [0.4, 0.5) is 0 Å². The smallest absolute Gasteiger partial charge is 0.215 e. The van der Waals surface area contributed by atoms with Crippen molar-refractivity contribution < 1.29 is 8.42 Å². The van der Waals surface area contributed by atoms with Crippen LogP contribution in [-0.2, 0) is 22.3 Å². The fourth-order valence-electron chi connectivity index (χ4n) is 3.51. The molecule has 1 saturated heterocycles. The maximum atomic E-state index is 12.3. The van der Waals surface area contributed by atoms with E-state index in [0.29, 0.717) is 12.5 Å². The summed E-state index contributed by atoms with van der Waals surface area (Å²) in [4.78, 5) is 2.45. The number of aryl methyl sites for hydroxylation is 1. The highest BCUT2D eigenvalue weighted by atomic mass is 32.2. The second-order valence-corrected chi connectivity index (χ2v) is 9.11. The molecule has 140 valence electrons. The topological polar surface area (TPSA) is 49.4 Å². The van der Waals surface area contributed by atoms with Gasteiger partial charge in [-0.2, -0.15) is 0 Å². The second-order valence-electron chi connectivity index (χ2n) is 7.30. The molecule has 0 spiro atoms. The molecule has 26 heavy (non-hydrogen) atoms. The molecular weight excluding hydrogens is 344 g/mol. The van der Waals surface area contributed by atoms with Gasteiger partial charge in [-0.3, -0.25) is 4.90 Å². The molecular formula is C21H28N2O2S. The first-order chi connectivity index (χ1) is 12.5. The minimum Gasteiger partial charge on any atom is -0.299 e. The van der Waals surface area contributed by atoms with Gasteiger partial charge in [-0.15, -0.1) is 0 Å². The van der Waals surface area contributed by atoms with Crippen LogP contribution in [0.1, 0.15) is 29.5 Å². The lowest BCUT2D eigenvalue weighted by atomic mass is 9.97. The van der Waals surface area contributed by atoms with Gasteiger partial charge >= 0.3 is 0 Å². The van der Waals surface area contributed by atoms with Gasteiger partial charge in [0, 0.05) is 13.1 Å². The summed E-state index contributed by atoms with van der Waals surface area (Å²) in [5.74, 6) is 0.482. The Kier molecular flexibility index (Phi) is 6.46. The van der Waals surface area contributed by atoms with Gasteiger partial charge < -0.3 is 0 Å². The van der Waals surface area contributed by atoms with Crippen LogP contribution in [0, 0.1) is 12.8 Å². The van der Waals surface area contributed by atoms with Crippen molar-refractivity contribution in [2.45, 2.75) is 32.1 Å². The average Bonchev–Trinajstić information content (AvgIpc) is 2.62. The number of nitrogens with zero attached hydrogens (tertiary/aromatic N) is 1. The highest BCUT2D eigenvalue weighted by Crippen LogP contribution is 2.19. The predicted molar refractivity (Wildman–Crippen MR) is 106 cm³/mol. The molecule has 5 heteroatoms. The first-order valence-electron chi connectivity index (χ1n) is 9.29. The molecule has 1 fully saturated rings. The third kappa shape index (κ3) is 5.94. The predicted octanol–water partition coefficient (Wildman–Crippen LogP) is 3.33. The summed E-state index contributed by atoms with van der Waals surface area (Å²) in [7, 11) is -3.28. The molecule has 1 N–H and O–H groups in total. The number of nitrogens with one attached hydrogen (secondary N) is 1. The van der Waals surface area contributed by atoms with Crippen LogP contribution < -0.4 is 4.72 Å². The van der Waals surface area contributed by atoms with Crippen LogP contribution >= 0.6 is 0 Å². The lowest BCUT2D eigenvalue weighted by Gasteiger charge is -2.32. The van der Waals surface area contributed by atoms with Gasteiger partial charge in [0.15, 0.2) is 0 Å². The number of likely N-dealkylation sites (tertiary alicyclic amines) is 1. The Morgan fingerprint density at radius 2 is 1.69 bits per heavy atom. The average molecular weight is 373 g/mol. The van der Waals surface area contributed by atoms with Crippen molar-refractivity contribution in [3.8, 4) is 0 Å². The summed E-state index contributed by atoms with van der Waals surface area (Å²) < 4.78 is 27.5. The van der Waals surface area contributed by atoms with E-state index in [1.807, 2.05) is 37.3 Å². The highest BCUT2D eigenvalue weighted by molar-refractivity contribution is 7.88. The van der Waals surface area contributed by atoms with Crippen LogP contribution in [-0.4, -0.2) is 33.0 Å². The Morgan fingerprint density at radius 1 is 1.00 bits per heavy atom. The Morgan fingerprint density at radius 3 is 2.38 bits per heavy atom. The Hall–Kier alpha value is -1.69. The van der Waals surface area contributed by atoms with E-state index in [2.05, 4.69) is 33.9 Å². The molecule has 0 aromatic heterocycles. The molecule has 1 heterocycles. The van der Waals surface area contributed by atoms with E-state index in [4.69, 9.17) is 0 Å². The summed E-state index contributed by atoms with van der Waals surface area (Å²) in [5, 5.41) is 0. The van der Waals surface area contributed by atoms with Gasteiger partial charge in [-0.25, -0.2) is 13.1 Å². The maximum absolute atomic E-state index is 12.3. The van der Waals surface area contributed by atoms with Gasteiger partial charge in [0.25, 0.3) is 0 Å². The number of hydrogen-bond donors (Lipinski definition) is 1. The quantitative estimate of drug-likeness (QED) is 0.811. The zero-order valence-corrected chi connectivity index (χ0v) is 16.2. The van der Waals surface area contributed by atoms with Gasteiger partial charge in [0.2, 0.25) is 10.0 Å². The van der Waals surface area contributed by atoms with Crippen molar-refractivity contribution in [3.05, 3.63) is 71.3 Å². The largest absolute Gasteiger partial charge is 0.299 e. The molecule has 0 saturated carbocycles. The van der Waals surface area contributed by atoms with Crippen molar-refractivity contribution in [3.63, 3.8) is 0 Å². The van der Waals surface area contributed by atoms with E-state index < -0.39 is 10.0 Å². The minimum atomic E-state index is -3.28. The summed E-state index contributed by atoms with van der Waals surface area (Å²) in [6, 6.07) is 18.2. The molecule has 1 aliphatic rings. The van der Waals surface area contributed by atoms with Crippen LogP contribution in [0.2, 0.25) is 0 Å². The van der Waals surface area contributed by atoms with E-state index >= 15 is 0 Å². The summed E-state index contributed by atoms with van der Waals surface area (Å²) in [6.07, 6.45) is 2.08. The van der Waals surface area contributed by atoms with E-state index in [9.17, 15) is 8.42 Å². The number of rotatable bonds is 7. The molecule has 2 aromatic carbocycles. The standard InChI is InChI=1S/C21H28N2O2S/c1-18-6-5-9-21(14-18)17-26(24,25)22-15-19-10-12-23(13-11-19)16-20-7-3-2-4-8-20/h2-9,14,19,22H,10-13,15-17H2,1H3. The molecule has 1 aliphatic heterocycles. The SMILES string of the molecule is Cc1cccc(CS(=O)(=O)NCC2CCN(Cc3ccccc3)CC2)c1. The lowest BCUT2D eigenvalue weighted by Crippen LogP contribution is -2.38. The van der Waals surface area contributed by atoms with Crippen molar-refractivity contribution in [1.82, 2.24) is 9.62 Å². The van der Waals surface area contributed by atoms with E-state index in [1.165, 1.54) is 5.56 Å². The highest BCUT2D eigenvalue weighted by Gasteiger charge is 2.21. The fourth-order valence-corrected chi connectivity index (χ4v) is 4.72. The molecule has 0 radical (unpaired) electrons. The first kappa shape index (κ1) is 19.1. The van der Waals surface area contributed by atoms with Crippen molar-refractivity contribution in [2.75, 3.05) is 19.6 Å². The zero-order valence-electron chi connectivity index (χ0n) is 15.4. The number of sulfonamides is 1. The molecule has 0 bridgehead atoms. The van der Waals surface area contributed by atoms with E-state index in [1.54, 1.807) is 0 Å². The van der Waals surface area contributed by atoms with E-state index in [-0.39, 0.29) is 5.75 Å². The molecule has 0 unspecified atom stereocenters. The molecule has 3 rings (SSSR count). The number of benzene rings is 2. The molecule has 2 aromatic rings. The van der Waals surface area contributed by atoms with Gasteiger partial charge in [0.05, 0.1) is 5.75 Å². The third-order valence-electron chi connectivity index (χ3n) is 4.99. The van der Waals surface area contributed by atoms with Gasteiger partial charge in [0.1, 0.15) is 0 Å². The Bertz CT molecular complexity index is 798. The normalized spacial score (nSPS) is 16.7. The maximum Gasteiger partial charge on any atom is 0.215 e. The third-order valence-corrected chi connectivity index (χ3v) is 6.31. The van der Waals surface area contributed by atoms with Crippen molar-refractivity contribution in [1.29, 1.82) is 0 Å². The van der Waals surface area contributed by atoms with Crippen LogP contribution in [0.25, 0.3) is 0 Å². The Labute approximate surface area is 157 Å². The number of hydrogen-bond acceptors (Lipinski definition) is 3. The fraction of sp³-hybridized carbons (Fsp3) is 0.429. The summed E-state index contributed by atoms with van der Waals surface area (Å²) >= 11 is 0. The van der Waals surface area contributed by atoms with Crippen LogP contribution in [0.15, 0.2) is 54.6 Å². The summed E-state index contributed by atoms with van der Waals surface area (Å²) in [5.41, 5.74) is 3.27. The molecule has 0 aliphatic carbocycles. The molecule has 0 amide bonds. The lowest BCUT2D eigenvalue weighted by molar-refractivity contribution is 0.178. The Balaban J connectivity index is 1.43. The molecule has 0 atom stereocenters. The monoisotopic (exact) mass is 372 g/mol. The van der Waals surface area contributed by atoms with Gasteiger partial charge in [-0.1, -0.05) is 60.2 Å². The van der Waals surface area contributed by atoms with Crippen LogP contribution in [0.3, 0.4) is 0 Å². The summed E-state index contributed by atoms with van der Waals surface area (Å²) in [6.45, 7) is 5.56. The minimum absolute atomic E-state index is 0.0571. The first-order valence-corrected chi connectivity index (χ1v) is 10.9. The van der Waals surface area contributed by atoms with Crippen LogP contribution in [0.5, 0.6) is 0 Å². The van der Waals surface area contributed by atoms with E-state index in [0.717, 1.165) is 43.6 Å². The van der Waals surface area contributed by atoms with Crippen molar-refractivity contribution >= 4 is 10.0 Å². The zero-order chi connectivity index (χ0) is 18.4. The second kappa shape index (κ2) is 8.80. The van der Waals surface area contributed by atoms with Crippen molar-refractivity contribution in [2.24, 2.45) is 5.92 Å². The molecule has 4 nitrogen and oxygen atoms in total.